The third kappa shape index (κ3) is 3.13. The van der Waals surface area contributed by atoms with E-state index in [4.69, 9.17) is 9.84 Å². The summed E-state index contributed by atoms with van der Waals surface area (Å²) in [5, 5.41) is 8.98. The molecule has 2 aromatic rings. The highest BCUT2D eigenvalue weighted by Crippen LogP contribution is 2.26. The fourth-order valence-electron chi connectivity index (χ4n) is 1.41. The molecule has 0 unspecified atom stereocenters. The lowest BCUT2D eigenvalue weighted by atomic mass is 10.1. The molecule has 17 heavy (non-hydrogen) atoms. The molecule has 2 rings (SSSR count). The molecule has 0 amide bonds. The lowest BCUT2D eigenvalue weighted by molar-refractivity contribution is 0.297. The Morgan fingerprint density at radius 1 is 1.29 bits per heavy atom. The van der Waals surface area contributed by atoms with Crippen molar-refractivity contribution in [3.8, 4) is 11.6 Å². The van der Waals surface area contributed by atoms with Crippen LogP contribution in [0.5, 0.6) is 11.6 Å². The van der Waals surface area contributed by atoms with Gasteiger partial charge < -0.3 is 9.84 Å². The third-order valence-electron chi connectivity index (χ3n) is 2.19. The van der Waals surface area contributed by atoms with E-state index in [0.29, 0.717) is 12.3 Å². The zero-order valence-electron chi connectivity index (χ0n) is 9.01. The molecule has 0 bridgehead atoms. The van der Waals surface area contributed by atoms with Crippen LogP contribution in [-0.4, -0.2) is 21.7 Å². The van der Waals surface area contributed by atoms with E-state index in [0.717, 1.165) is 14.9 Å². The smallest absolute Gasteiger partial charge is 0.235 e. The van der Waals surface area contributed by atoms with Crippen LogP contribution in [0.3, 0.4) is 0 Å². The molecule has 1 aromatic heterocycles. The van der Waals surface area contributed by atoms with Crippen LogP contribution in [0.2, 0.25) is 0 Å². The van der Waals surface area contributed by atoms with Crippen LogP contribution >= 0.6 is 22.6 Å². The summed E-state index contributed by atoms with van der Waals surface area (Å²) in [6.45, 7) is 0.0985. The van der Waals surface area contributed by atoms with Gasteiger partial charge in [0.25, 0.3) is 0 Å². The van der Waals surface area contributed by atoms with Gasteiger partial charge in [-0.3, -0.25) is 0 Å². The average Bonchev–Trinajstić information content (AvgIpc) is 2.35. The number of aliphatic hydroxyl groups is 1. The largest absolute Gasteiger partial charge is 0.438 e. The van der Waals surface area contributed by atoms with Crippen LogP contribution in [-0.2, 0) is 6.42 Å². The summed E-state index contributed by atoms with van der Waals surface area (Å²) in [6.07, 6.45) is 3.71. The topological polar surface area (TPSA) is 55.2 Å². The zero-order valence-corrected chi connectivity index (χ0v) is 11.2. The number of halogens is 1. The van der Waals surface area contributed by atoms with Gasteiger partial charge in [-0.25, -0.2) is 9.97 Å². The SMILES string of the molecule is OCCc1ccccc1Oc1ncncc1I. The van der Waals surface area contributed by atoms with E-state index in [-0.39, 0.29) is 6.61 Å². The molecule has 0 saturated carbocycles. The van der Waals surface area contributed by atoms with E-state index in [2.05, 4.69) is 32.6 Å². The number of ether oxygens (including phenoxy) is 1. The Labute approximate surface area is 113 Å². The van der Waals surface area contributed by atoms with Crippen molar-refractivity contribution in [1.29, 1.82) is 0 Å². The highest BCUT2D eigenvalue weighted by Gasteiger charge is 2.07. The van der Waals surface area contributed by atoms with Crippen molar-refractivity contribution in [2.24, 2.45) is 0 Å². The van der Waals surface area contributed by atoms with Gasteiger partial charge in [-0.1, -0.05) is 18.2 Å². The van der Waals surface area contributed by atoms with Crippen molar-refractivity contribution in [3.05, 3.63) is 45.9 Å². The molecular formula is C12H11IN2O2. The van der Waals surface area contributed by atoms with E-state index in [1.807, 2.05) is 24.3 Å². The molecule has 0 aliphatic carbocycles. The van der Waals surface area contributed by atoms with Gasteiger partial charge in [-0.15, -0.1) is 0 Å². The van der Waals surface area contributed by atoms with Crippen molar-refractivity contribution in [2.45, 2.75) is 6.42 Å². The Balaban J connectivity index is 2.27. The summed E-state index contributed by atoms with van der Waals surface area (Å²) < 4.78 is 6.57. The normalized spacial score (nSPS) is 10.2. The zero-order chi connectivity index (χ0) is 12.1. The first-order valence-electron chi connectivity index (χ1n) is 5.13. The van der Waals surface area contributed by atoms with Gasteiger partial charge >= 0.3 is 0 Å². The Bertz CT molecular complexity index is 505. The number of hydrogen-bond acceptors (Lipinski definition) is 4. The van der Waals surface area contributed by atoms with E-state index in [9.17, 15) is 0 Å². The van der Waals surface area contributed by atoms with Gasteiger partial charge in [0, 0.05) is 12.8 Å². The molecule has 0 fully saturated rings. The van der Waals surface area contributed by atoms with E-state index < -0.39 is 0 Å². The van der Waals surface area contributed by atoms with Crippen LogP contribution in [0.15, 0.2) is 36.8 Å². The Morgan fingerprint density at radius 3 is 2.88 bits per heavy atom. The van der Waals surface area contributed by atoms with Crippen LogP contribution in [0.1, 0.15) is 5.56 Å². The second-order valence-electron chi connectivity index (χ2n) is 3.36. The van der Waals surface area contributed by atoms with Gasteiger partial charge in [0.05, 0.1) is 3.57 Å². The second kappa shape index (κ2) is 5.92. The summed E-state index contributed by atoms with van der Waals surface area (Å²) in [5.41, 5.74) is 0.962. The molecule has 0 saturated heterocycles. The maximum atomic E-state index is 8.98. The predicted octanol–water partition coefficient (Wildman–Crippen LogP) is 2.41. The lowest BCUT2D eigenvalue weighted by Gasteiger charge is -2.10. The van der Waals surface area contributed by atoms with Crippen molar-refractivity contribution in [1.82, 2.24) is 9.97 Å². The van der Waals surface area contributed by atoms with Gasteiger partial charge in [0.2, 0.25) is 5.88 Å². The fraction of sp³-hybridized carbons (Fsp3) is 0.167. The fourth-order valence-corrected chi connectivity index (χ4v) is 1.82. The summed E-state index contributed by atoms with van der Waals surface area (Å²) in [5.74, 6) is 1.25. The Kier molecular flexibility index (Phi) is 4.27. The number of aliphatic hydroxyl groups excluding tert-OH is 1. The number of hydrogen-bond donors (Lipinski definition) is 1. The minimum absolute atomic E-state index is 0.0985. The number of benzene rings is 1. The molecule has 0 aliphatic heterocycles. The second-order valence-corrected chi connectivity index (χ2v) is 4.52. The highest BCUT2D eigenvalue weighted by molar-refractivity contribution is 14.1. The molecule has 0 spiro atoms. The number of para-hydroxylation sites is 1. The van der Waals surface area contributed by atoms with Crippen LogP contribution in [0.25, 0.3) is 0 Å². The summed E-state index contributed by atoms with van der Waals surface area (Å²) >= 11 is 2.12. The number of aromatic nitrogens is 2. The third-order valence-corrected chi connectivity index (χ3v) is 2.93. The Hall–Kier alpha value is -1.21. The van der Waals surface area contributed by atoms with E-state index in [1.165, 1.54) is 6.33 Å². The average molecular weight is 342 g/mol. The molecule has 1 aromatic carbocycles. The summed E-state index contributed by atoms with van der Waals surface area (Å²) in [7, 11) is 0. The maximum Gasteiger partial charge on any atom is 0.235 e. The Morgan fingerprint density at radius 2 is 2.12 bits per heavy atom. The first-order valence-corrected chi connectivity index (χ1v) is 6.21. The van der Waals surface area contributed by atoms with Crippen LogP contribution in [0.4, 0.5) is 0 Å². The quantitative estimate of drug-likeness (QED) is 0.867. The lowest BCUT2D eigenvalue weighted by Crippen LogP contribution is -1.97. The number of rotatable bonds is 4. The van der Waals surface area contributed by atoms with E-state index in [1.54, 1.807) is 6.20 Å². The number of nitrogens with zero attached hydrogens (tertiary/aromatic N) is 2. The molecular weight excluding hydrogens is 331 g/mol. The standard InChI is InChI=1S/C12H11IN2O2/c13-10-7-14-8-15-12(10)17-11-4-2-1-3-9(11)5-6-16/h1-4,7-8,16H,5-6H2. The first kappa shape index (κ1) is 12.3. The van der Waals surface area contributed by atoms with Gasteiger partial charge in [-0.2, -0.15) is 0 Å². The molecule has 5 heteroatoms. The molecule has 1 heterocycles. The molecule has 0 aliphatic rings. The van der Waals surface area contributed by atoms with Crippen LogP contribution < -0.4 is 4.74 Å². The molecule has 88 valence electrons. The maximum absolute atomic E-state index is 8.98. The van der Waals surface area contributed by atoms with Gasteiger partial charge in [0.15, 0.2) is 0 Å². The van der Waals surface area contributed by atoms with Gasteiger partial charge in [0.1, 0.15) is 12.1 Å². The minimum atomic E-state index is 0.0985. The first-order chi connectivity index (χ1) is 8.31. The molecule has 0 atom stereocenters. The molecule has 1 N–H and O–H groups in total. The molecule has 0 radical (unpaired) electrons. The predicted molar refractivity (Wildman–Crippen MR) is 72.1 cm³/mol. The van der Waals surface area contributed by atoms with Crippen LogP contribution in [0, 0.1) is 3.57 Å². The molecule has 4 nitrogen and oxygen atoms in total. The highest BCUT2D eigenvalue weighted by atomic mass is 127. The summed E-state index contributed by atoms with van der Waals surface area (Å²) in [4.78, 5) is 7.98. The van der Waals surface area contributed by atoms with Gasteiger partial charge in [-0.05, 0) is 40.6 Å². The minimum Gasteiger partial charge on any atom is -0.438 e. The van der Waals surface area contributed by atoms with Crippen molar-refractivity contribution in [2.75, 3.05) is 6.61 Å². The van der Waals surface area contributed by atoms with Crippen molar-refractivity contribution in [3.63, 3.8) is 0 Å². The van der Waals surface area contributed by atoms with Crippen molar-refractivity contribution >= 4 is 22.6 Å². The van der Waals surface area contributed by atoms with Crippen molar-refractivity contribution < 1.29 is 9.84 Å². The monoisotopic (exact) mass is 342 g/mol. The van der Waals surface area contributed by atoms with E-state index >= 15 is 0 Å². The summed E-state index contributed by atoms with van der Waals surface area (Å²) in [6, 6.07) is 7.61.